The number of nitrogens with one attached hydrogen (secondary N) is 1. The van der Waals surface area contributed by atoms with Crippen LogP contribution in [0.2, 0.25) is 0 Å². The summed E-state index contributed by atoms with van der Waals surface area (Å²) in [4.78, 5) is 2.73. The Balaban J connectivity index is 1.50. The predicted molar refractivity (Wildman–Crippen MR) is 107 cm³/mol. The molecule has 0 bridgehead atoms. The van der Waals surface area contributed by atoms with Gasteiger partial charge in [-0.15, -0.1) is 0 Å². The van der Waals surface area contributed by atoms with Crippen molar-refractivity contribution in [3.63, 3.8) is 0 Å². The fourth-order valence-electron chi connectivity index (χ4n) is 3.52. The molecule has 1 saturated heterocycles. The largest absolute Gasteiger partial charge is 0.496 e. The summed E-state index contributed by atoms with van der Waals surface area (Å²) in [5.41, 5.74) is 2.14. The number of piperidine rings is 1. The summed E-state index contributed by atoms with van der Waals surface area (Å²) < 4.78 is 33.1. The van der Waals surface area contributed by atoms with Gasteiger partial charge in [-0.1, -0.05) is 30.3 Å². The van der Waals surface area contributed by atoms with Crippen LogP contribution in [0.3, 0.4) is 0 Å². The predicted octanol–water partition coefficient (Wildman–Crippen LogP) is 3.19. The fourth-order valence-corrected chi connectivity index (χ4v) is 4.72. The van der Waals surface area contributed by atoms with Gasteiger partial charge in [-0.05, 0) is 68.1 Å². The molecule has 5 nitrogen and oxygen atoms in total. The summed E-state index contributed by atoms with van der Waals surface area (Å²) in [6.45, 7) is 5.31. The lowest BCUT2D eigenvalue weighted by Crippen LogP contribution is -2.38. The molecule has 2 aromatic rings. The van der Waals surface area contributed by atoms with E-state index < -0.39 is 10.0 Å². The van der Waals surface area contributed by atoms with E-state index in [0.29, 0.717) is 23.1 Å². The second-order valence-electron chi connectivity index (χ2n) is 7.19. The highest BCUT2D eigenvalue weighted by atomic mass is 32.2. The van der Waals surface area contributed by atoms with E-state index >= 15 is 0 Å². The van der Waals surface area contributed by atoms with E-state index in [1.807, 2.05) is 13.0 Å². The molecule has 0 amide bonds. The van der Waals surface area contributed by atoms with Crippen LogP contribution in [0.4, 0.5) is 0 Å². The Labute approximate surface area is 162 Å². The van der Waals surface area contributed by atoms with Crippen LogP contribution in [0.15, 0.2) is 53.4 Å². The first-order valence-corrected chi connectivity index (χ1v) is 10.9. The minimum absolute atomic E-state index is 0.294. The molecular weight excluding hydrogens is 360 g/mol. The third kappa shape index (κ3) is 5.31. The van der Waals surface area contributed by atoms with Gasteiger partial charge in [0.05, 0.1) is 12.0 Å². The zero-order valence-corrected chi connectivity index (χ0v) is 16.8. The van der Waals surface area contributed by atoms with E-state index in [0.717, 1.165) is 38.0 Å². The number of methoxy groups -OCH3 is 1. The van der Waals surface area contributed by atoms with Crippen LogP contribution < -0.4 is 9.46 Å². The van der Waals surface area contributed by atoms with Crippen molar-refractivity contribution >= 4 is 10.0 Å². The Morgan fingerprint density at radius 2 is 1.81 bits per heavy atom. The van der Waals surface area contributed by atoms with Crippen molar-refractivity contribution in [2.45, 2.75) is 31.2 Å². The third-order valence-electron chi connectivity index (χ3n) is 5.19. The van der Waals surface area contributed by atoms with E-state index in [9.17, 15) is 8.42 Å². The van der Waals surface area contributed by atoms with Crippen molar-refractivity contribution in [2.75, 3.05) is 26.7 Å². The lowest BCUT2D eigenvalue weighted by atomic mass is 9.97. The van der Waals surface area contributed by atoms with Gasteiger partial charge in [0.25, 0.3) is 0 Å². The molecule has 146 valence electrons. The van der Waals surface area contributed by atoms with Gasteiger partial charge in [0.1, 0.15) is 5.75 Å². The number of likely N-dealkylation sites (tertiary alicyclic amines) is 1. The molecule has 0 unspecified atom stereocenters. The number of nitrogens with zero attached hydrogens (tertiary/aromatic N) is 1. The standard InChI is InChI=1S/C21H28N2O3S/c1-17-14-20(8-9-21(17)26-2)27(24,25)22-15-18-10-12-23(13-11-18)16-19-6-4-3-5-7-19/h3-9,14,18,22H,10-13,15-16H2,1-2H3. The van der Waals surface area contributed by atoms with Crippen LogP contribution >= 0.6 is 0 Å². The van der Waals surface area contributed by atoms with Crippen molar-refractivity contribution in [1.82, 2.24) is 9.62 Å². The first kappa shape index (κ1) is 19.9. The second-order valence-corrected chi connectivity index (χ2v) is 8.96. The van der Waals surface area contributed by atoms with Gasteiger partial charge in [0, 0.05) is 13.1 Å². The molecule has 27 heavy (non-hydrogen) atoms. The number of aryl methyl sites for hydroxylation is 1. The maximum absolute atomic E-state index is 12.6. The highest BCUT2D eigenvalue weighted by molar-refractivity contribution is 7.89. The summed E-state index contributed by atoms with van der Waals surface area (Å²) in [5.74, 6) is 1.07. The topological polar surface area (TPSA) is 58.6 Å². The van der Waals surface area contributed by atoms with E-state index in [4.69, 9.17) is 4.74 Å². The Kier molecular flexibility index (Phi) is 6.52. The molecule has 3 rings (SSSR count). The summed E-state index contributed by atoms with van der Waals surface area (Å²) in [6, 6.07) is 15.4. The average Bonchev–Trinajstić information content (AvgIpc) is 2.68. The number of hydrogen-bond donors (Lipinski definition) is 1. The van der Waals surface area contributed by atoms with Gasteiger partial charge in [0.2, 0.25) is 10.0 Å². The molecule has 6 heteroatoms. The SMILES string of the molecule is COc1ccc(S(=O)(=O)NCC2CCN(Cc3ccccc3)CC2)cc1C. The minimum atomic E-state index is -3.49. The molecule has 0 spiro atoms. The quantitative estimate of drug-likeness (QED) is 0.791. The van der Waals surface area contributed by atoms with Gasteiger partial charge < -0.3 is 4.74 Å². The van der Waals surface area contributed by atoms with E-state index in [2.05, 4.69) is 33.9 Å². The average molecular weight is 389 g/mol. The Morgan fingerprint density at radius 1 is 1.11 bits per heavy atom. The lowest BCUT2D eigenvalue weighted by molar-refractivity contribution is 0.178. The van der Waals surface area contributed by atoms with Crippen LogP contribution in [0.25, 0.3) is 0 Å². The van der Waals surface area contributed by atoms with E-state index in [1.165, 1.54) is 5.56 Å². The molecular formula is C21H28N2O3S. The van der Waals surface area contributed by atoms with Crippen LogP contribution in [-0.4, -0.2) is 40.1 Å². The molecule has 0 aliphatic carbocycles. The molecule has 1 N–H and O–H groups in total. The number of hydrogen-bond acceptors (Lipinski definition) is 4. The van der Waals surface area contributed by atoms with Gasteiger partial charge in [-0.3, -0.25) is 4.90 Å². The molecule has 0 radical (unpaired) electrons. The van der Waals surface area contributed by atoms with Gasteiger partial charge >= 0.3 is 0 Å². The first-order valence-electron chi connectivity index (χ1n) is 9.38. The van der Waals surface area contributed by atoms with Crippen molar-refractivity contribution in [3.8, 4) is 5.75 Å². The van der Waals surface area contributed by atoms with Crippen molar-refractivity contribution in [3.05, 3.63) is 59.7 Å². The van der Waals surface area contributed by atoms with E-state index in [1.54, 1.807) is 25.3 Å². The number of rotatable bonds is 7. The molecule has 1 aliphatic heterocycles. The molecule has 0 atom stereocenters. The Hall–Kier alpha value is -1.89. The molecule has 1 heterocycles. The number of ether oxygens (including phenoxy) is 1. The van der Waals surface area contributed by atoms with Gasteiger partial charge in [-0.25, -0.2) is 13.1 Å². The minimum Gasteiger partial charge on any atom is -0.496 e. The first-order chi connectivity index (χ1) is 13.0. The normalized spacial score (nSPS) is 16.4. The van der Waals surface area contributed by atoms with Crippen LogP contribution in [0, 0.1) is 12.8 Å². The maximum atomic E-state index is 12.6. The fraction of sp³-hybridized carbons (Fsp3) is 0.429. The molecule has 1 aliphatic rings. The smallest absolute Gasteiger partial charge is 0.240 e. The highest BCUT2D eigenvalue weighted by Crippen LogP contribution is 2.22. The molecule has 1 fully saturated rings. The third-order valence-corrected chi connectivity index (χ3v) is 6.62. The molecule has 0 saturated carbocycles. The van der Waals surface area contributed by atoms with E-state index in [-0.39, 0.29) is 0 Å². The monoisotopic (exact) mass is 388 g/mol. The van der Waals surface area contributed by atoms with Gasteiger partial charge in [0.15, 0.2) is 0 Å². The summed E-state index contributed by atoms with van der Waals surface area (Å²) in [6.07, 6.45) is 2.02. The lowest BCUT2D eigenvalue weighted by Gasteiger charge is -2.32. The highest BCUT2D eigenvalue weighted by Gasteiger charge is 2.22. The maximum Gasteiger partial charge on any atom is 0.240 e. The Morgan fingerprint density at radius 3 is 2.44 bits per heavy atom. The summed E-state index contributed by atoms with van der Waals surface area (Å²) in [5, 5.41) is 0. The molecule has 0 aromatic heterocycles. The summed E-state index contributed by atoms with van der Waals surface area (Å²) in [7, 11) is -1.91. The zero-order valence-electron chi connectivity index (χ0n) is 16.0. The van der Waals surface area contributed by atoms with Crippen molar-refractivity contribution < 1.29 is 13.2 Å². The van der Waals surface area contributed by atoms with Crippen LogP contribution in [0.5, 0.6) is 5.75 Å². The zero-order chi connectivity index (χ0) is 19.3. The number of sulfonamides is 1. The summed E-state index contributed by atoms with van der Waals surface area (Å²) >= 11 is 0. The second kappa shape index (κ2) is 8.87. The Bertz CT molecular complexity index is 845. The van der Waals surface area contributed by atoms with Crippen molar-refractivity contribution in [1.29, 1.82) is 0 Å². The van der Waals surface area contributed by atoms with Crippen LogP contribution in [0.1, 0.15) is 24.0 Å². The number of benzene rings is 2. The van der Waals surface area contributed by atoms with Crippen LogP contribution in [-0.2, 0) is 16.6 Å². The molecule has 2 aromatic carbocycles. The van der Waals surface area contributed by atoms with Gasteiger partial charge in [-0.2, -0.15) is 0 Å². The van der Waals surface area contributed by atoms with Crippen molar-refractivity contribution in [2.24, 2.45) is 5.92 Å².